The maximum atomic E-state index is 13.7. The molecule has 0 bridgehead atoms. The van der Waals surface area contributed by atoms with Gasteiger partial charge in [-0.3, -0.25) is 9.62 Å². The number of carbonyl (C=O) groups excluding carboxylic acids is 1. The van der Waals surface area contributed by atoms with Crippen molar-refractivity contribution in [3.63, 3.8) is 0 Å². The summed E-state index contributed by atoms with van der Waals surface area (Å²) >= 11 is 12.8. The van der Waals surface area contributed by atoms with Crippen molar-refractivity contribution in [2.45, 2.75) is 31.8 Å². The quantitative estimate of drug-likeness (QED) is 0.114. The van der Waals surface area contributed by atoms with E-state index < -0.39 is 22.1 Å². The lowest BCUT2D eigenvalue weighted by Gasteiger charge is -2.26. The Morgan fingerprint density at radius 2 is 1.73 bits per heavy atom. The second-order valence-electron chi connectivity index (χ2n) is 11.7. The van der Waals surface area contributed by atoms with Crippen LogP contribution in [0.3, 0.4) is 0 Å². The van der Waals surface area contributed by atoms with Crippen molar-refractivity contribution >= 4 is 57.3 Å². The summed E-state index contributed by atoms with van der Waals surface area (Å²) in [5, 5.41) is 12.1. The standard InChI is InChI=1S/C33H39Cl2N3O9S.ClH/c1-43-29-9-7-23(16-32(29)44-2)30(18-25-26(34)19-38(40)20-27(25)35)47-33(39)24-6-8-28(31(17-24)46-21-22-4-5-22)36-48(41,42)15-3-10-37-11-13-45-14-12-37;/h6-9,16-17,19-20,22,30,36H,3-5,10-15,18,21H2,1-2H3;1H/t30-;/m0./s1. The third-order valence-electron chi connectivity index (χ3n) is 8.12. The van der Waals surface area contributed by atoms with E-state index in [0.717, 1.165) is 25.9 Å². The maximum absolute atomic E-state index is 13.7. The van der Waals surface area contributed by atoms with E-state index in [9.17, 15) is 18.4 Å². The molecule has 1 N–H and O–H groups in total. The van der Waals surface area contributed by atoms with Gasteiger partial charge in [-0.25, -0.2) is 13.2 Å². The zero-order valence-electron chi connectivity index (χ0n) is 27.2. The van der Waals surface area contributed by atoms with Crippen LogP contribution in [-0.4, -0.2) is 78.7 Å². The number of anilines is 1. The average Bonchev–Trinajstić information content (AvgIpc) is 3.90. The van der Waals surface area contributed by atoms with Gasteiger partial charge in [0.1, 0.15) is 21.9 Å². The zero-order valence-corrected chi connectivity index (χ0v) is 30.3. The summed E-state index contributed by atoms with van der Waals surface area (Å²) < 4.78 is 57.5. The highest BCUT2D eigenvalue weighted by molar-refractivity contribution is 7.92. The Balaban J connectivity index is 0.00000541. The number of pyridine rings is 1. The Hall–Kier alpha value is -3.20. The Bertz CT molecular complexity index is 1680. The van der Waals surface area contributed by atoms with Gasteiger partial charge in [0.05, 0.1) is 51.0 Å². The van der Waals surface area contributed by atoms with Gasteiger partial charge in [0.15, 0.2) is 23.9 Å². The number of nitrogens with one attached hydrogen (secondary N) is 1. The van der Waals surface area contributed by atoms with Crippen LogP contribution in [0.5, 0.6) is 17.2 Å². The van der Waals surface area contributed by atoms with Crippen molar-refractivity contribution < 1.29 is 41.6 Å². The van der Waals surface area contributed by atoms with Gasteiger partial charge in [-0.05, 0) is 67.6 Å². The van der Waals surface area contributed by atoms with Crippen molar-refractivity contribution in [2.24, 2.45) is 5.92 Å². The number of morpholine rings is 1. The smallest absolute Gasteiger partial charge is 0.338 e. The number of ether oxygens (including phenoxy) is 5. The Morgan fingerprint density at radius 3 is 2.39 bits per heavy atom. The molecular formula is C33H40Cl3N3O9S. The highest BCUT2D eigenvalue weighted by atomic mass is 35.5. The van der Waals surface area contributed by atoms with Crippen molar-refractivity contribution in [2.75, 3.05) is 64.1 Å². The summed E-state index contributed by atoms with van der Waals surface area (Å²) in [6.07, 6.45) is 3.95. The second kappa shape index (κ2) is 17.6. The minimum Gasteiger partial charge on any atom is -0.619 e. The number of methoxy groups -OCH3 is 2. The van der Waals surface area contributed by atoms with E-state index in [1.807, 2.05) is 0 Å². The first-order valence-corrected chi connectivity index (χ1v) is 18.0. The molecule has 1 aliphatic carbocycles. The predicted molar refractivity (Wildman–Crippen MR) is 188 cm³/mol. The fourth-order valence-electron chi connectivity index (χ4n) is 5.26. The highest BCUT2D eigenvalue weighted by Crippen LogP contribution is 2.37. The summed E-state index contributed by atoms with van der Waals surface area (Å²) in [6, 6.07) is 9.54. The molecule has 2 heterocycles. The zero-order chi connectivity index (χ0) is 34.3. The van der Waals surface area contributed by atoms with E-state index in [1.54, 1.807) is 18.2 Å². The monoisotopic (exact) mass is 759 g/mol. The summed E-state index contributed by atoms with van der Waals surface area (Å²) in [5.41, 5.74) is 1.34. The van der Waals surface area contributed by atoms with Gasteiger partial charge >= 0.3 is 5.97 Å². The lowest BCUT2D eigenvalue weighted by atomic mass is 10.0. The molecule has 1 saturated carbocycles. The number of benzene rings is 2. The molecule has 5 rings (SSSR count). The number of esters is 1. The summed E-state index contributed by atoms with van der Waals surface area (Å²) in [4.78, 5) is 15.9. The van der Waals surface area contributed by atoms with Crippen LogP contribution < -0.4 is 23.7 Å². The molecule has 0 unspecified atom stereocenters. The number of carbonyl (C=O) groups is 1. The van der Waals surface area contributed by atoms with E-state index in [-0.39, 0.29) is 51.6 Å². The minimum absolute atomic E-state index is 0. The Morgan fingerprint density at radius 1 is 1.04 bits per heavy atom. The largest absolute Gasteiger partial charge is 0.619 e. The molecule has 1 aromatic heterocycles. The first-order valence-electron chi connectivity index (χ1n) is 15.6. The van der Waals surface area contributed by atoms with Crippen molar-refractivity contribution in [3.05, 3.63) is 80.7 Å². The number of aromatic nitrogens is 1. The second-order valence-corrected chi connectivity index (χ2v) is 14.4. The molecule has 0 radical (unpaired) electrons. The van der Waals surface area contributed by atoms with Gasteiger partial charge in [0.2, 0.25) is 10.0 Å². The first-order chi connectivity index (χ1) is 23.0. The molecule has 1 saturated heterocycles. The number of nitrogens with zero attached hydrogens (tertiary/aromatic N) is 2. The van der Waals surface area contributed by atoms with Crippen LogP contribution in [0.15, 0.2) is 48.8 Å². The molecular weight excluding hydrogens is 721 g/mol. The van der Waals surface area contributed by atoms with Crippen LogP contribution >= 0.6 is 35.6 Å². The number of halogens is 3. The highest BCUT2D eigenvalue weighted by Gasteiger charge is 2.27. The first kappa shape index (κ1) is 38.6. The molecule has 16 heteroatoms. The lowest BCUT2D eigenvalue weighted by molar-refractivity contribution is -0.605. The van der Waals surface area contributed by atoms with Crippen molar-refractivity contribution in [3.8, 4) is 17.2 Å². The Labute approximate surface area is 302 Å². The molecule has 2 fully saturated rings. The number of hydrogen-bond donors (Lipinski definition) is 1. The van der Waals surface area contributed by atoms with Crippen LogP contribution in [0.4, 0.5) is 5.69 Å². The van der Waals surface area contributed by atoms with E-state index in [1.165, 1.54) is 44.8 Å². The maximum Gasteiger partial charge on any atom is 0.338 e. The Kier molecular flexibility index (Phi) is 13.9. The molecule has 49 heavy (non-hydrogen) atoms. The van der Waals surface area contributed by atoms with Crippen LogP contribution in [0.1, 0.15) is 46.9 Å². The number of sulfonamides is 1. The van der Waals surface area contributed by atoms with Gasteiger partial charge in [0, 0.05) is 25.1 Å². The van der Waals surface area contributed by atoms with Crippen LogP contribution in [0, 0.1) is 11.1 Å². The van der Waals surface area contributed by atoms with Crippen LogP contribution in [0.25, 0.3) is 0 Å². The number of rotatable bonds is 16. The summed E-state index contributed by atoms with van der Waals surface area (Å²) in [5.74, 6) is 0.724. The molecule has 0 spiro atoms. The molecule has 1 aliphatic heterocycles. The van der Waals surface area contributed by atoms with Gasteiger partial charge in [-0.1, -0.05) is 29.3 Å². The van der Waals surface area contributed by atoms with Crippen molar-refractivity contribution in [1.29, 1.82) is 0 Å². The molecule has 1 atom stereocenters. The normalized spacial score (nSPS) is 15.5. The fourth-order valence-corrected chi connectivity index (χ4v) is 6.97. The van der Waals surface area contributed by atoms with Crippen LogP contribution in [0.2, 0.25) is 10.0 Å². The lowest BCUT2D eigenvalue weighted by Crippen LogP contribution is -2.37. The molecule has 2 aromatic carbocycles. The van der Waals surface area contributed by atoms with E-state index >= 15 is 0 Å². The summed E-state index contributed by atoms with van der Waals surface area (Å²) in [6.45, 7) is 3.89. The third-order valence-corrected chi connectivity index (χ3v) is 10.1. The predicted octanol–water partition coefficient (Wildman–Crippen LogP) is 5.46. The molecule has 268 valence electrons. The van der Waals surface area contributed by atoms with Crippen molar-refractivity contribution in [1.82, 2.24) is 4.90 Å². The van der Waals surface area contributed by atoms with Crippen LogP contribution in [-0.2, 0) is 25.9 Å². The molecule has 3 aromatic rings. The molecule has 0 amide bonds. The van der Waals surface area contributed by atoms with Gasteiger partial charge in [0.25, 0.3) is 0 Å². The van der Waals surface area contributed by atoms with E-state index in [0.29, 0.717) is 66.1 Å². The number of hydrogen-bond acceptors (Lipinski definition) is 10. The fraction of sp³-hybridized carbons (Fsp3) is 0.455. The van der Waals surface area contributed by atoms with Gasteiger partial charge in [-0.2, -0.15) is 4.73 Å². The van der Waals surface area contributed by atoms with E-state index in [2.05, 4.69) is 9.62 Å². The average molecular weight is 761 g/mol. The topological polar surface area (TPSA) is 140 Å². The van der Waals surface area contributed by atoms with E-state index in [4.69, 9.17) is 46.9 Å². The molecule has 2 aliphatic rings. The van der Waals surface area contributed by atoms with Gasteiger partial charge in [-0.15, -0.1) is 12.4 Å². The third kappa shape index (κ3) is 10.9. The minimum atomic E-state index is -3.70. The van der Waals surface area contributed by atoms with Gasteiger partial charge < -0.3 is 28.9 Å². The summed E-state index contributed by atoms with van der Waals surface area (Å²) in [7, 11) is -0.704. The SMILES string of the molecule is COc1ccc([C@H](Cc2c(Cl)c[n+]([O-])cc2Cl)OC(=O)c2ccc(NS(=O)(=O)CCCN3CCOCC3)c(OCC3CC3)c2)cc1OC.Cl. The molecule has 12 nitrogen and oxygen atoms in total.